The number of benzene rings is 2. The summed E-state index contributed by atoms with van der Waals surface area (Å²) in [5.74, 6) is 5.72. The van der Waals surface area contributed by atoms with Crippen LogP contribution < -0.4 is 21.3 Å². The number of hydrogen-bond acceptors (Lipinski definition) is 6. The van der Waals surface area contributed by atoms with E-state index in [1.54, 1.807) is 24.5 Å². The van der Waals surface area contributed by atoms with Crippen LogP contribution in [0.4, 0.5) is 0 Å². The van der Waals surface area contributed by atoms with Crippen molar-refractivity contribution in [3.63, 3.8) is 0 Å². The molecule has 0 unspecified atom stereocenters. The van der Waals surface area contributed by atoms with Crippen LogP contribution in [0.25, 0.3) is 33.3 Å². The van der Waals surface area contributed by atoms with Gasteiger partial charge in [-0.3, -0.25) is 20.0 Å². The Balaban J connectivity index is 1.50. The normalized spacial score (nSPS) is 10.6. The third-order valence-corrected chi connectivity index (χ3v) is 5.37. The Bertz CT molecular complexity index is 1300. The zero-order valence-corrected chi connectivity index (χ0v) is 18.7. The molecule has 0 spiro atoms. The Hall–Kier alpha value is -4.30. The standard InChI is InChI=1S/C26H25N5O3/c1-2-25(32)29-13-14-34-20-9-7-18(8-10-20)17-3-5-19(6-4-17)24-15-21(26(33)31-27)22-16-28-12-11-23(22)30-24/h3-12,15-16H,2,13-14,27H2,1H3,(H,29,32)(H,31,33). The van der Waals surface area contributed by atoms with Gasteiger partial charge in [0.25, 0.3) is 5.91 Å². The maximum absolute atomic E-state index is 12.3. The number of ether oxygens (including phenoxy) is 1. The number of amides is 2. The Kier molecular flexibility index (Phi) is 7.10. The average molecular weight is 456 g/mol. The van der Waals surface area contributed by atoms with Gasteiger partial charge < -0.3 is 10.1 Å². The molecule has 2 heterocycles. The summed E-state index contributed by atoms with van der Waals surface area (Å²) in [7, 11) is 0. The van der Waals surface area contributed by atoms with Crippen LogP contribution in [-0.2, 0) is 4.79 Å². The van der Waals surface area contributed by atoms with Crippen LogP contribution >= 0.6 is 0 Å². The van der Waals surface area contributed by atoms with Crippen LogP contribution in [0.3, 0.4) is 0 Å². The summed E-state index contributed by atoms with van der Waals surface area (Å²) in [5, 5.41) is 3.42. The first-order valence-electron chi connectivity index (χ1n) is 10.9. The maximum Gasteiger partial charge on any atom is 0.265 e. The van der Waals surface area contributed by atoms with E-state index < -0.39 is 5.91 Å². The molecule has 2 aromatic heterocycles. The number of carbonyl (C=O) groups is 2. The van der Waals surface area contributed by atoms with Crippen LogP contribution in [-0.4, -0.2) is 34.9 Å². The number of rotatable bonds is 8. The number of aromatic nitrogens is 2. The van der Waals surface area contributed by atoms with Crippen LogP contribution in [0.1, 0.15) is 23.7 Å². The van der Waals surface area contributed by atoms with E-state index in [-0.39, 0.29) is 5.91 Å². The van der Waals surface area contributed by atoms with Crippen molar-refractivity contribution in [3.8, 4) is 28.1 Å². The molecule has 8 nitrogen and oxygen atoms in total. The monoisotopic (exact) mass is 455 g/mol. The largest absolute Gasteiger partial charge is 0.492 e. The molecule has 0 saturated carbocycles. The van der Waals surface area contributed by atoms with E-state index in [0.717, 1.165) is 22.4 Å². The summed E-state index contributed by atoms with van der Waals surface area (Å²) in [6.07, 6.45) is 3.71. The molecular formula is C26H25N5O3. The molecule has 172 valence electrons. The van der Waals surface area contributed by atoms with Crippen molar-refractivity contribution in [1.82, 2.24) is 20.7 Å². The molecule has 4 aromatic rings. The average Bonchev–Trinajstić information content (AvgIpc) is 2.90. The second-order valence-electron chi connectivity index (χ2n) is 7.58. The van der Waals surface area contributed by atoms with E-state index in [1.165, 1.54) is 0 Å². The van der Waals surface area contributed by atoms with Crippen LogP contribution in [0.2, 0.25) is 0 Å². The van der Waals surface area contributed by atoms with Gasteiger partial charge >= 0.3 is 0 Å². The van der Waals surface area contributed by atoms with E-state index in [4.69, 9.17) is 10.6 Å². The molecule has 0 fully saturated rings. The van der Waals surface area contributed by atoms with Gasteiger partial charge in [-0.15, -0.1) is 0 Å². The fraction of sp³-hybridized carbons (Fsp3) is 0.154. The van der Waals surface area contributed by atoms with Gasteiger partial charge in [-0.25, -0.2) is 10.8 Å². The number of nitrogens with zero attached hydrogens (tertiary/aromatic N) is 2. The summed E-state index contributed by atoms with van der Waals surface area (Å²) in [6, 6.07) is 19.2. The van der Waals surface area contributed by atoms with E-state index in [0.29, 0.717) is 41.7 Å². The topological polar surface area (TPSA) is 119 Å². The zero-order chi connectivity index (χ0) is 23.9. The molecule has 0 bridgehead atoms. The summed E-state index contributed by atoms with van der Waals surface area (Å²) in [6.45, 7) is 2.71. The molecule has 0 aliphatic carbocycles. The van der Waals surface area contributed by atoms with Gasteiger partial charge in [-0.1, -0.05) is 43.3 Å². The fourth-order valence-electron chi connectivity index (χ4n) is 3.54. The Morgan fingerprint density at radius 2 is 1.65 bits per heavy atom. The Morgan fingerprint density at radius 3 is 2.32 bits per heavy atom. The number of nitrogens with one attached hydrogen (secondary N) is 2. The van der Waals surface area contributed by atoms with Gasteiger partial charge in [-0.05, 0) is 35.4 Å². The predicted molar refractivity (Wildman–Crippen MR) is 131 cm³/mol. The molecule has 4 rings (SSSR count). The lowest BCUT2D eigenvalue weighted by atomic mass is 10.0. The SMILES string of the molecule is CCC(=O)NCCOc1ccc(-c2ccc(-c3cc(C(=O)NN)c4cnccc4n3)cc2)cc1. The second kappa shape index (κ2) is 10.5. The minimum Gasteiger partial charge on any atom is -0.492 e. The minimum absolute atomic E-state index is 0.0113. The first-order valence-corrected chi connectivity index (χ1v) is 10.9. The fourth-order valence-corrected chi connectivity index (χ4v) is 3.54. The summed E-state index contributed by atoms with van der Waals surface area (Å²) in [5.41, 5.74) is 6.90. The number of carbonyl (C=O) groups excluding carboxylic acids is 2. The molecule has 0 aliphatic heterocycles. The molecule has 0 radical (unpaired) electrons. The lowest BCUT2D eigenvalue weighted by Gasteiger charge is -2.10. The van der Waals surface area contributed by atoms with Gasteiger partial charge in [0, 0.05) is 29.8 Å². The third kappa shape index (κ3) is 5.19. The van der Waals surface area contributed by atoms with E-state index in [9.17, 15) is 9.59 Å². The number of nitrogen functional groups attached to an aromatic ring is 1. The Morgan fingerprint density at radius 1 is 0.971 bits per heavy atom. The predicted octanol–water partition coefficient (Wildman–Crippen LogP) is 3.47. The van der Waals surface area contributed by atoms with E-state index in [2.05, 4.69) is 20.7 Å². The first-order chi connectivity index (χ1) is 16.6. The molecule has 0 atom stereocenters. The number of pyridine rings is 2. The van der Waals surface area contributed by atoms with Crippen molar-refractivity contribution < 1.29 is 14.3 Å². The highest BCUT2D eigenvalue weighted by atomic mass is 16.5. The van der Waals surface area contributed by atoms with E-state index in [1.807, 2.05) is 55.5 Å². The molecule has 8 heteroatoms. The highest BCUT2D eigenvalue weighted by Crippen LogP contribution is 2.28. The van der Waals surface area contributed by atoms with Crippen LogP contribution in [0, 0.1) is 0 Å². The van der Waals surface area contributed by atoms with Crippen molar-refractivity contribution in [2.24, 2.45) is 5.84 Å². The zero-order valence-electron chi connectivity index (χ0n) is 18.7. The summed E-state index contributed by atoms with van der Waals surface area (Å²) >= 11 is 0. The van der Waals surface area contributed by atoms with Crippen LogP contribution in [0.15, 0.2) is 73.1 Å². The number of nitrogens with two attached hydrogens (primary N) is 1. The summed E-state index contributed by atoms with van der Waals surface area (Å²) in [4.78, 5) is 32.3. The van der Waals surface area contributed by atoms with Crippen molar-refractivity contribution in [2.75, 3.05) is 13.2 Å². The number of hydrazine groups is 1. The molecular weight excluding hydrogens is 430 g/mol. The molecule has 34 heavy (non-hydrogen) atoms. The molecule has 2 aromatic carbocycles. The number of hydrogen-bond donors (Lipinski definition) is 3. The van der Waals surface area contributed by atoms with Gasteiger partial charge in [0.1, 0.15) is 12.4 Å². The summed E-state index contributed by atoms with van der Waals surface area (Å²) < 4.78 is 5.67. The molecule has 4 N–H and O–H groups in total. The van der Waals surface area contributed by atoms with Crippen LogP contribution in [0.5, 0.6) is 5.75 Å². The lowest BCUT2D eigenvalue weighted by molar-refractivity contribution is -0.120. The maximum atomic E-state index is 12.3. The molecule has 0 aliphatic rings. The molecule has 2 amide bonds. The van der Waals surface area contributed by atoms with Gasteiger partial charge in [-0.2, -0.15) is 0 Å². The smallest absolute Gasteiger partial charge is 0.265 e. The second-order valence-corrected chi connectivity index (χ2v) is 7.58. The van der Waals surface area contributed by atoms with Gasteiger partial charge in [0.2, 0.25) is 5.91 Å². The quantitative estimate of drug-likeness (QED) is 0.162. The van der Waals surface area contributed by atoms with Crippen molar-refractivity contribution in [1.29, 1.82) is 0 Å². The third-order valence-electron chi connectivity index (χ3n) is 5.37. The lowest BCUT2D eigenvalue weighted by Crippen LogP contribution is -2.30. The highest BCUT2D eigenvalue weighted by molar-refractivity contribution is 6.06. The van der Waals surface area contributed by atoms with Crippen molar-refractivity contribution >= 4 is 22.7 Å². The van der Waals surface area contributed by atoms with Gasteiger partial charge in [0.15, 0.2) is 0 Å². The van der Waals surface area contributed by atoms with E-state index >= 15 is 0 Å². The van der Waals surface area contributed by atoms with Crippen molar-refractivity contribution in [3.05, 3.63) is 78.6 Å². The first kappa shape index (κ1) is 22.9. The minimum atomic E-state index is -0.395. The number of fused-ring (bicyclic) bond motifs is 1. The molecule has 0 saturated heterocycles. The van der Waals surface area contributed by atoms with Crippen molar-refractivity contribution in [2.45, 2.75) is 13.3 Å². The Labute approximate surface area is 197 Å². The van der Waals surface area contributed by atoms with Gasteiger partial charge in [0.05, 0.1) is 23.3 Å². The highest BCUT2D eigenvalue weighted by Gasteiger charge is 2.13.